The van der Waals surface area contributed by atoms with E-state index in [0.717, 1.165) is 12.8 Å². The van der Waals surface area contributed by atoms with Crippen LogP contribution in [-0.2, 0) is 26.0 Å². The van der Waals surface area contributed by atoms with Gasteiger partial charge in [0.25, 0.3) is 0 Å². The molecule has 180 valence electrons. The number of nitrogens with zero attached hydrogens (tertiary/aromatic N) is 2. The van der Waals surface area contributed by atoms with Crippen molar-refractivity contribution in [1.82, 2.24) is 9.47 Å². The number of carbonyl (C=O) groups is 2. The fourth-order valence-electron chi connectivity index (χ4n) is 4.12. The molecule has 1 saturated heterocycles. The average molecular weight is 522 g/mol. The Morgan fingerprint density at radius 2 is 1.76 bits per heavy atom. The lowest BCUT2D eigenvalue weighted by molar-refractivity contribution is -0.133. The van der Waals surface area contributed by atoms with Gasteiger partial charge in [-0.1, -0.05) is 48.3 Å². The van der Waals surface area contributed by atoms with E-state index in [0.29, 0.717) is 40.6 Å². The molecule has 4 rings (SSSR count). The molecule has 1 N–H and O–H groups in total. The first kappa shape index (κ1) is 24.6. The van der Waals surface area contributed by atoms with Gasteiger partial charge in [0.2, 0.25) is 11.8 Å². The van der Waals surface area contributed by atoms with Crippen LogP contribution < -0.4 is 5.32 Å². The van der Waals surface area contributed by atoms with E-state index in [1.54, 1.807) is 28.8 Å². The zero-order valence-corrected chi connectivity index (χ0v) is 21.0. The first-order valence-electron chi connectivity index (χ1n) is 11.0. The Hall–Kier alpha value is -2.55. The summed E-state index contributed by atoms with van der Waals surface area (Å²) in [5.74, 6) is -0.898. The number of piperidine rings is 1. The minimum Gasteiger partial charge on any atom is -0.341 e. The standard InChI is InChI=1S/C24H25Cl2N3O4S/c1-16-8-10-28(11-9-16)24(31)14-29-13-22(18-4-2-3-5-21(18)29)34(32,33)15-23(30)27-17-6-7-19(25)20(26)12-17/h2-7,12-13,16H,8-11,14-15H2,1H3,(H,27,30). The summed E-state index contributed by atoms with van der Waals surface area (Å²) in [7, 11) is -3.99. The Bertz CT molecular complexity index is 1350. The highest BCUT2D eigenvalue weighted by Gasteiger charge is 2.26. The van der Waals surface area contributed by atoms with Crippen LogP contribution in [0, 0.1) is 5.92 Å². The molecule has 0 saturated carbocycles. The lowest BCUT2D eigenvalue weighted by atomic mass is 9.99. The second-order valence-corrected chi connectivity index (χ2v) is 11.4. The molecule has 3 aromatic rings. The summed E-state index contributed by atoms with van der Waals surface area (Å²) in [6.07, 6.45) is 3.38. The Balaban J connectivity index is 1.55. The summed E-state index contributed by atoms with van der Waals surface area (Å²) < 4.78 is 28.0. The number of hydrogen-bond acceptors (Lipinski definition) is 4. The maximum Gasteiger partial charge on any atom is 0.242 e. The minimum atomic E-state index is -3.99. The van der Waals surface area contributed by atoms with Gasteiger partial charge in [0.05, 0.1) is 14.9 Å². The maximum atomic E-state index is 13.2. The summed E-state index contributed by atoms with van der Waals surface area (Å²) >= 11 is 11.8. The normalized spacial score (nSPS) is 15.0. The molecule has 1 aromatic heterocycles. The Labute approximate surface area is 208 Å². The molecule has 1 fully saturated rings. The molecule has 2 amide bonds. The molecule has 34 heavy (non-hydrogen) atoms. The summed E-state index contributed by atoms with van der Waals surface area (Å²) in [5, 5.41) is 3.59. The second-order valence-electron chi connectivity index (χ2n) is 8.64. The van der Waals surface area contributed by atoms with E-state index in [1.807, 2.05) is 4.90 Å². The number of likely N-dealkylation sites (tertiary alicyclic amines) is 1. The van der Waals surface area contributed by atoms with E-state index in [2.05, 4.69) is 12.2 Å². The Morgan fingerprint density at radius 1 is 1.06 bits per heavy atom. The monoisotopic (exact) mass is 521 g/mol. The topological polar surface area (TPSA) is 88.5 Å². The SMILES string of the molecule is CC1CCN(C(=O)Cn2cc(S(=O)(=O)CC(=O)Nc3ccc(Cl)c(Cl)c3)c3ccccc32)CC1. The van der Waals surface area contributed by atoms with Crippen molar-refractivity contribution in [1.29, 1.82) is 0 Å². The lowest BCUT2D eigenvalue weighted by Gasteiger charge is -2.30. The highest BCUT2D eigenvalue weighted by atomic mass is 35.5. The van der Waals surface area contributed by atoms with E-state index in [9.17, 15) is 18.0 Å². The molecule has 1 aliphatic rings. The van der Waals surface area contributed by atoms with Crippen LogP contribution in [0.25, 0.3) is 10.9 Å². The molecule has 0 unspecified atom stereocenters. The molecule has 7 nitrogen and oxygen atoms in total. The van der Waals surface area contributed by atoms with Crippen molar-refractivity contribution in [2.24, 2.45) is 5.92 Å². The third-order valence-corrected chi connectivity index (χ3v) is 8.43. The second kappa shape index (κ2) is 9.98. The molecule has 2 heterocycles. The van der Waals surface area contributed by atoms with Crippen molar-refractivity contribution in [3.05, 3.63) is 58.7 Å². The lowest BCUT2D eigenvalue weighted by Crippen LogP contribution is -2.39. The van der Waals surface area contributed by atoms with Crippen LogP contribution >= 0.6 is 23.2 Å². The molecule has 0 aliphatic carbocycles. The first-order chi connectivity index (χ1) is 16.1. The summed E-state index contributed by atoms with van der Waals surface area (Å²) in [6.45, 7) is 3.63. The number of sulfone groups is 1. The number of nitrogens with one attached hydrogen (secondary N) is 1. The number of amides is 2. The van der Waals surface area contributed by atoms with Crippen molar-refractivity contribution in [2.45, 2.75) is 31.2 Å². The maximum absolute atomic E-state index is 13.2. The Morgan fingerprint density at radius 3 is 2.47 bits per heavy atom. The van der Waals surface area contributed by atoms with E-state index in [4.69, 9.17) is 23.2 Å². The van der Waals surface area contributed by atoms with Crippen molar-refractivity contribution >= 4 is 61.4 Å². The number of anilines is 1. The number of aromatic nitrogens is 1. The number of carbonyl (C=O) groups excluding carboxylic acids is 2. The van der Waals surface area contributed by atoms with Gasteiger partial charge >= 0.3 is 0 Å². The number of fused-ring (bicyclic) bond motifs is 1. The number of benzene rings is 2. The van der Waals surface area contributed by atoms with Gasteiger partial charge in [0, 0.05) is 35.9 Å². The van der Waals surface area contributed by atoms with Gasteiger partial charge in [-0.3, -0.25) is 9.59 Å². The van der Waals surface area contributed by atoms with Crippen LogP contribution in [0.15, 0.2) is 53.6 Å². The molecule has 2 aromatic carbocycles. The highest BCUT2D eigenvalue weighted by molar-refractivity contribution is 7.92. The quantitative estimate of drug-likeness (QED) is 0.512. The molecule has 1 aliphatic heterocycles. The zero-order valence-electron chi connectivity index (χ0n) is 18.6. The van der Waals surface area contributed by atoms with Crippen LogP contribution in [0.4, 0.5) is 5.69 Å². The van der Waals surface area contributed by atoms with E-state index >= 15 is 0 Å². The highest BCUT2D eigenvalue weighted by Crippen LogP contribution is 2.28. The molecule has 0 radical (unpaired) electrons. The van der Waals surface area contributed by atoms with Gasteiger partial charge in [-0.2, -0.15) is 0 Å². The summed E-state index contributed by atoms with van der Waals surface area (Å²) in [6, 6.07) is 11.5. The van der Waals surface area contributed by atoms with Gasteiger partial charge < -0.3 is 14.8 Å². The molecular formula is C24H25Cl2N3O4S. The third-order valence-electron chi connectivity index (χ3n) is 6.05. The van der Waals surface area contributed by atoms with Crippen LogP contribution in [-0.4, -0.2) is 48.5 Å². The van der Waals surface area contributed by atoms with Crippen LogP contribution in [0.2, 0.25) is 10.0 Å². The molecule has 0 atom stereocenters. The molecule has 0 bridgehead atoms. The Kier molecular flexibility index (Phi) is 7.21. The fraction of sp³-hybridized carbons (Fsp3) is 0.333. The van der Waals surface area contributed by atoms with Crippen molar-refractivity contribution < 1.29 is 18.0 Å². The third kappa shape index (κ3) is 5.40. The fourth-order valence-corrected chi connectivity index (χ4v) is 5.78. The van der Waals surface area contributed by atoms with Crippen molar-refractivity contribution in [3.63, 3.8) is 0 Å². The van der Waals surface area contributed by atoms with Crippen molar-refractivity contribution in [2.75, 3.05) is 24.2 Å². The van der Waals surface area contributed by atoms with E-state index in [-0.39, 0.29) is 22.4 Å². The molecular weight excluding hydrogens is 497 g/mol. The van der Waals surface area contributed by atoms with Crippen LogP contribution in [0.3, 0.4) is 0 Å². The van der Waals surface area contributed by atoms with Gasteiger partial charge in [-0.25, -0.2) is 8.42 Å². The van der Waals surface area contributed by atoms with Gasteiger partial charge in [0.1, 0.15) is 12.3 Å². The van der Waals surface area contributed by atoms with Gasteiger partial charge in [0.15, 0.2) is 9.84 Å². The number of halogens is 2. The predicted octanol–water partition coefficient (Wildman–Crippen LogP) is 4.62. The van der Waals surface area contributed by atoms with Crippen molar-refractivity contribution in [3.8, 4) is 0 Å². The largest absolute Gasteiger partial charge is 0.341 e. The number of rotatable bonds is 6. The molecule has 0 spiro atoms. The first-order valence-corrected chi connectivity index (χ1v) is 13.4. The number of hydrogen-bond donors (Lipinski definition) is 1. The zero-order chi connectivity index (χ0) is 24.5. The van der Waals surface area contributed by atoms with Crippen LogP contribution in [0.1, 0.15) is 19.8 Å². The summed E-state index contributed by atoms with van der Waals surface area (Å²) in [4.78, 5) is 27.2. The summed E-state index contributed by atoms with van der Waals surface area (Å²) in [5.41, 5.74) is 0.975. The smallest absolute Gasteiger partial charge is 0.242 e. The molecule has 10 heteroatoms. The van der Waals surface area contributed by atoms with Gasteiger partial charge in [-0.05, 0) is 43.0 Å². The number of para-hydroxylation sites is 1. The minimum absolute atomic E-state index is 0.0208. The average Bonchev–Trinajstić information content (AvgIpc) is 3.16. The van der Waals surface area contributed by atoms with Gasteiger partial charge in [-0.15, -0.1) is 0 Å². The van der Waals surface area contributed by atoms with E-state index in [1.165, 1.54) is 24.4 Å². The van der Waals surface area contributed by atoms with E-state index < -0.39 is 21.5 Å². The van der Waals surface area contributed by atoms with Crippen LogP contribution in [0.5, 0.6) is 0 Å². The predicted molar refractivity (Wildman–Crippen MR) is 134 cm³/mol.